The summed E-state index contributed by atoms with van der Waals surface area (Å²) in [4.78, 5) is 25.0. The number of allylic oxidation sites excluding steroid dienone is 4. The van der Waals surface area contributed by atoms with Crippen LogP contribution in [0.3, 0.4) is 0 Å². The van der Waals surface area contributed by atoms with Crippen LogP contribution in [0, 0.1) is 17.8 Å². The second kappa shape index (κ2) is 36.1. The molecule has 288 valence electrons. The third-order valence-electron chi connectivity index (χ3n) is 9.03. The first kappa shape index (κ1) is 47.3. The van der Waals surface area contributed by atoms with E-state index in [1.54, 1.807) is 0 Å². The maximum atomic E-state index is 12.7. The summed E-state index contributed by atoms with van der Waals surface area (Å²) in [6.45, 7) is 13.0. The van der Waals surface area contributed by atoms with Crippen LogP contribution in [0.5, 0.6) is 0 Å². The van der Waals surface area contributed by atoms with Crippen LogP contribution in [0.25, 0.3) is 0 Å². The molecule has 0 saturated carbocycles. The first-order valence-corrected chi connectivity index (χ1v) is 20.5. The van der Waals surface area contributed by atoms with Crippen LogP contribution in [0.1, 0.15) is 176 Å². The minimum Gasteiger partial charge on any atom is -0.465 e. The number of esters is 2. The van der Waals surface area contributed by atoms with Crippen molar-refractivity contribution < 1.29 is 28.5 Å². The molecule has 1 atom stereocenters. The zero-order chi connectivity index (χ0) is 36.2. The third kappa shape index (κ3) is 30.8. The Kier molecular flexibility index (Phi) is 34.9. The van der Waals surface area contributed by atoms with E-state index in [2.05, 4.69) is 58.9 Å². The van der Waals surface area contributed by atoms with E-state index in [0.717, 1.165) is 83.5 Å². The van der Waals surface area contributed by atoms with Gasteiger partial charge in [-0.2, -0.15) is 0 Å². The van der Waals surface area contributed by atoms with Crippen molar-refractivity contribution in [3.63, 3.8) is 0 Å². The highest BCUT2D eigenvalue weighted by Gasteiger charge is 2.19. The number of nitrogens with two attached hydrogens (primary N) is 1. The molecule has 2 N–H and O–H groups in total. The topological polar surface area (TPSA) is 97.1 Å². The molecule has 0 aromatic rings. The number of hydrogen-bond donors (Lipinski definition) is 1. The van der Waals surface area contributed by atoms with Gasteiger partial charge in [-0.15, -0.1) is 0 Å². The lowest BCUT2D eigenvalue weighted by Crippen LogP contribution is -2.28. The predicted molar refractivity (Wildman–Crippen MR) is 205 cm³/mol. The molecule has 0 heterocycles. The fraction of sp³-hybridized carbons (Fsp3) is 0.857. The van der Waals surface area contributed by atoms with Gasteiger partial charge in [0.1, 0.15) is 0 Å². The molecule has 0 aliphatic carbocycles. The Bertz CT molecular complexity index is 768. The molecule has 0 saturated heterocycles. The number of unbranched alkanes of at least 4 members (excludes halogenated alkanes) is 8. The zero-order valence-electron chi connectivity index (χ0n) is 32.7. The van der Waals surface area contributed by atoms with Gasteiger partial charge in [0.25, 0.3) is 0 Å². The summed E-state index contributed by atoms with van der Waals surface area (Å²) >= 11 is 0. The molecule has 49 heavy (non-hydrogen) atoms. The van der Waals surface area contributed by atoms with Crippen molar-refractivity contribution in [2.45, 2.75) is 182 Å². The highest BCUT2D eigenvalue weighted by atomic mass is 16.7. The van der Waals surface area contributed by atoms with Crippen molar-refractivity contribution >= 4 is 11.9 Å². The molecule has 0 aromatic carbocycles. The SMILES string of the molecule is CCCCC/C=C\C/C=C\CCCCCCCC(=O)OCC(CN)COC(=O)CCC(OCC(CCC)CCC)OCC(CCC)CCC. The molecule has 0 rings (SSSR count). The molecule has 0 aliphatic rings. The summed E-state index contributed by atoms with van der Waals surface area (Å²) in [7, 11) is 0. The summed E-state index contributed by atoms with van der Waals surface area (Å²) in [5.74, 6) is 0.302. The lowest BCUT2D eigenvalue weighted by atomic mass is 9.99. The lowest BCUT2D eigenvalue weighted by Gasteiger charge is -2.25. The van der Waals surface area contributed by atoms with E-state index in [-0.39, 0.29) is 44.0 Å². The van der Waals surface area contributed by atoms with Crippen LogP contribution < -0.4 is 5.73 Å². The van der Waals surface area contributed by atoms with Crippen LogP contribution in [0.4, 0.5) is 0 Å². The standard InChI is InChI=1S/C42H79NO6/c1-6-11-12-13-14-15-16-17-18-19-20-21-22-23-24-29-40(44)46-35-39(32-43)36-47-41(45)30-31-42(48-33-37(25-7-2)26-8-3)49-34-38(27-9-4)28-10-5/h14-15,17-18,37-39,42H,6-13,16,19-36,43H2,1-5H3/b15-14-,18-17-. The molecular formula is C42H79NO6. The zero-order valence-corrected chi connectivity index (χ0v) is 32.7. The first-order chi connectivity index (χ1) is 23.9. The normalized spacial score (nSPS) is 12.7. The summed E-state index contributed by atoms with van der Waals surface area (Å²) in [5, 5.41) is 0. The monoisotopic (exact) mass is 694 g/mol. The van der Waals surface area contributed by atoms with Crippen molar-refractivity contribution in [2.75, 3.05) is 33.0 Å². The van der Waals surface area contributed by atoms with Gasteiger partial charge in [0.2, 0.25) is 0 Å². The quantitative estimate of drug-likeness (QED) is 0.0302. The molecule has 1 unspecified atom stereocenters. The Morgan fingerprint density at radius 1 is 0.510 bits per heavy atom. The van der Waals surface area contributed by atoms with E-state index in [9.17, 15) is 9.59 Å². The molecular weight excluding hydrogens is 614 g/mol. The van der Waals surface area contributed by atoms with E-state index in [1.807, 2.05) is 0 Å². The molecule has 0 fully saturated rings. The van der Waals surface area contributed by atoms with E-state index in [4.69, 9.17) is 24.7 Å². The van der Waals surface area contributed by atoms with Gasteiger partial charge >= 0.3 is 11.9 Å². The average molecular weight is 694 g/mol. The fourth-order valence-electron chi connectivity index (χ4n) is 6.02. The Labute approximate surface area is 302 Å². The molecule has 0 amide bonds. The van der Waals surface area contributed by atoms with E-state index >= 15 is 0 Å². The maximum Gasteiger partial charge on any atom is 0.305 e. The number of carbonyl (C=O) groups excluding carboxylic acids is 2. The smallest absolute Gasteiger partial charge is 0.305 e. The highest BCUT2D eigenvalue weighted by molar-refractivity contribution is 5.69. The van der Waals surface area contributed by atoms with Gasteiger partial charge in [0, 0.05) is 25.3 Å². The second-order valence-electron chi connectivity index (χ2n) is 14.0. The number of carbonyl (C=O) groups is 2. The molecule has 0 bridgehead atoms. The van der Waals surface area contributed by atoms with Crippen LogP contribution in [0.15, 0.2) is 24.3 Å². The van der Waals surface area contributed by atoms with Crippen molar-refractivity contribution in [1.82, 2.24) is 0 Å². The highest BCUT2D eigenvalue weighted by Crippen LogP contribution is 2.20. The predicted octanol–water partition coefficient (Wildman–Crippen LogP) is 11.0. The van der Waals surface area contributed by atoms with Crippen molar-refractivity contribution in [1.29, 1.82) is 0 Å². The Morgan fingerprint density at radius 3 is 1.47 bits per heavy atom. The van der Waals surface area contributed by atoms with Gasteiger partial charge in [-0.05, 0) is 76.0 Å². The van der Waals surface area contributed by atoms with Crippen LogP contribution in [-0.4, -0.2) is 51.2 Å². The number of rotatable bonds is 36. The summed E-state index contributed by atoms with van der Waals surface area (Å²) < 4.78 is 23.5. The largest absolute Gasteiger partial charge is 0.465 e. The van der Waals surface area contributed by atoms with Gasteiger partial charge < -0.3 is 24.7 Å². The molecule has 0 aromatic heterocycles. The van der Waals surface area contributed by atoms with Crippen molar-refractivity contribution in [2.24, 2.45) is 23.5 Å². The summed E-state index contributed by atoms with van der Waals surface area (Å²) in [6.07, 6.45) is 31.5. The molecule has 7 heteroatoms. The van der Waals surface area contributed by atoms with Gasteiger partial charge in [-0.1, -0.05) is 117 Å². The minimum atomic E-state index is -0.416. The van der Waals surface area contributed by atoms with Crippen LogP contribution >= 0.6 is 0 Å². The first-order valence-electron chi connectivity index (χ1n) is 20.5. The van der Waals surface area contributed by atoms with Crippen molar-refractivity contribution in [3.8, 4) is 0 Å². The van der Waals surface area contributed by atoms with Crippen LogP contribution in [-0.2, 0) is 28.5 Å². The van der Waals surface area contributed by atoms with E-state index in [1.165, 1.54) is 38.5 Å². The average Bonchev–Trinajstić information content (AvgIpc) is 3.09. The Morgan fingerprint density at radius 2 is 0.980 bits per heavy atom. The lowest BCUT2D eigenvalue weighted by molar-refractivity contribution is -0.169. The van der Waals surface area contributed by atoms with Gasteiger partial charge in [0.05, 0.1) is 32.8 Å². The molecule has 0 radical (unpaired) electrons. The Balaban J connectivity index is 4.32. The third-order valence-corrected chi connectivity index (χ3v) is 9.03. The van der Waals surface area contributed by atoms with Crippen LogP contribution in [0.2, 0.25) is 0 Å². The number of ether oxygens (including phenoxy) is 4. The Hall–Kier alpha value is -1.70. The van der Waals surface area contributed by atoms with Crippen molar-refractivity contribution in [3.05, 3.63) is 24.3 Å². The maximum absolute atomic E-state index is 12.7. The van der Waals surface area contributed by atoms with Gasteiger partial charge in [-0.25, -0.2) is 0 Å². The second-order valence-corrected chi connectivity index (χ2v) is 14.0. The fourth-order valence-corrected chi connectivity index (χ4v) is 6.02. The summed E-state index contributed by atoms with van der Waals surface area (Å²) in [6, 6.07) is 0. The summed E-state index contributed by atoms with van der Waals surface area (Å²) in [5.41, 5.74) is 5.91. The van der Waals surface area contributed by atoms with E-state index < -0.39 is 6.29 Å². The van der Waals surface area contributed by atoms with Gasteiger partial charge in [0.15, 0.2) is 6.29 Å². The molecule has 0 aliphatic heterocycles. The van der Waals surface area contributed by atoms with E-state index in [0.29, 0.717) is 37.9 Å². The van der Waals surface area contributed by atoms with Gasteiger partial charge in [-0.3, -0.25) is 9.59 Å². The molecule has 0 spiro atoms. The molecule has 7 nitrogen and oxygen atoms in total. The number of hydrogen-bond acceptors (Lipinski definition) is 7. The minimum absolute atomic E-state index is 0.142.